The van der Waals surface area contributed by atoms with Crippen LogP contribution in [0.15, 0.2) is 22.7 Å². The zero-order valence-electron chi connectivity index (χ0n) is 13.9. The second kappa shape index (κ2) is 6.40. The lowest BCUT2D eigenvalue weighted by molar-refractivity contribution is -0.132. The first-order valence-corrected chi connectivity index (χ1v) is 7.57. The summed E-state index contributed by atoms with van der Waals surface area (Å²) in [5.41, 5.74) is 1.63. The molecule has 2 amide bonds. The highest BCUT2D eigenvalue weighted by Crippen LogP contribution is 2.23. The number of oxazole rings is 1. The number of nitrogens with zero attached hydrogens (tertiary/aromatic N) is 4. The maximum Gasteiger partial charge on any atom is 0.312 e. The number of carbonyl (C=O) groups excluding carboxylic acids is 2. The van der Waals surface area contributed by atoms with Crippen molar-refractivity contribution in [2.75, 3.05) is 26.0 Å². The van der Waals surface area contributed by atoms with Crippen LogP contribution in [0.1, 0.15) is 27.7 Å². The SMILES string of the molecule is Cc1ccc(NC(=O)c2nc3c(o2)CN(C(=O)CN(C)C)C3)nc1. The highest BCUT2D eigenvalue weighted by molar-refractivity contribution is 6.00. The van der Waals surface area contributed by atoms with Crippen LogP contribution in [0.3, 0.4) is 0 Å². The van der Waals surface area contributed by atoms with Gasteiger partial charge in [0.1, 0.15) is 17.3 Å². The normalized spacial score (nSPS) is 13.2. The van der Waals surface area contributed by atoms with Gasteiger partial charge in [0.25, 0.3) is 5.89 Å². The Labute approximate surface area is 139 Å². The molecule has 2 aromatic rings. The molecular weight excluding hydrogens is 310 g/mol. The van der Waals surface area contributed by atoms with E-state index in [-0.39, 0.29) is 11.8 Å². The second-order valence-corrected chi connectivity index (χ2v) is 6.05. The zero-order valence-corrected chi connectivity index (χ0v) is 13.9. The number of aromatic nitrogens is 2. The Morgan fingerprint density at radius 2 is 2.12 bits per heavy atom. The summed E-state index contributed by atoms with van der Waals surface area (Å²) in [6.07, 6.45) is 1.67. The average Bonchev–Trinajstić information content (AvgIpc) is 3.07. The monoisotopic (exact) mass is 329 g/mol. The maximum absolute atomic E-state index is 12.2. The molecule has 0 aromatic carbocycles. The van der Waals surface area contributed by atoms with Gasteiger partial charge in [0.2, 0.25) is 5.91 Å². The molecule has 3 rings (SSSR count). The van der Waals surface area contributed by atoms with E-state index in [9.17, 15) is 9.59 Å². The molecule has 8 nitrogen and oxygen atoms in total. The van der Waals surface area contributed by atoms with E-state index in [0.29, 0.717) is 36.9 Å². The molecule has 126 valence electrons. The molecule has 0 atom stereocenters. The van der Waals surface area contributed by atoms with E-state index in [1.165, 1.54) is 0 Å². The molecule has 0 radical (unpaired) electrons. The summed E-state index contributed by atoms with van der Waals surface area (Å²) in [6.45, 7) is 2.95. The first-order chi connectivity index (χ1) is 11.4. The van der Waals surface area contributed by atoms with Crippen molar-refractivity contribution in [2.45, 2.75) is 20.0 Å². The molecule has 8 heteroatoms. The fourth-order valence-corrected chi connectivity index (χ4v) is 2.40. The molecule has 1 aliphatic heterocycles. The van der Waals surface area contributed by atoms with Crippen LogP contribution >= 0.6 is 0 Å². The lowest BCUT2D eigenvalue weighted by atomic mass is 10.3. The van der Waals surface area contributed by atoms with E-state index in [2.05, 4.69) is 15.3 Å². The van der Waals surface area contributed by atoms with Crippen molar-refractivity contribution in [2.24, 2.45) is 0 Å². The summed E-state index contributed by atoms with van der Waals surface area (Å²) in [6, 6.07) is 3.57. The summed E-state index contributed by atoms with van der Waals surface area (Å²) in [5.74, 6) is 0.535. The molecule has 1 aliphatic rings. The molecule has 3 heterocycles. The standard InChI is InChI=1S/C16H19N5O3/c1-10-4-5-13(17-6-10)19-15(23)16-18-11-7-21(8-12(11)24-16)14(22)9-20(2)3/h4-6H,7-9H2,1-3H3,(H,17,19,23). The number of nitrogens with one attached hydrogen (secondary N) is 1. The van der Waals surface area contributed by atoms with Gasteiger partial charge in [-0.15, -0.1) is 0 Å². The van der Waals surface area contributed by atoms with Crippen LogP contribution in [0, 0.1) is 6.92 Å². The molecule has 0 unspecified atom stereocenters. The van der Waals surface area contributed by atoms with E-state index in [4.69, 9.17) is 4.42 Å². The van der Waals surface area contributed by atoms with Crippen LogP contribution in [0.2, 0.25) is 0 Å². The molecule has 0 saturated heterocycles. The molecule has 2 aromatic heterocycles. The van der Waals surface area contributed by atoms with E-state index in [0.717, 1.165) is 5.56 Å². The number of fused-ring (bicyclic) bond motifs is 1. The Kier molecular flexibility index (Phi) is 4.30. The van der Waals surface area contributed by atoms with Gasteiger partial charge in [-0.05, 0) is 32.6 Å². The van der Waals surface area contributed by atoms with Gasteiger partial charge in [0.05, 0.1) is 19.6 Å². The van der Waals surface area contributed by atoms with Crippen molar-refractivity contribution in [3.8, 4) is 0 Å². The third-order valence-corrected chi connectivity index (χ3v) is 3.60. The van der Waals surface area contributed by atoms with Crippen molar-refractivity contribution in [3.05, 3.63) is 41.2 Å². The summed E-state index contributed by atoms with van der Waals surface area (Å²) >= 11 is 0. The van der Waals surface area contributed by atoms with Crippen molar-refractivity contribution < 1.29 is 14.0 Å². The second-order valence-electron chi connectivity index (χ2n) is 6.05. The fourth-order valence-electron chi connectivity index (χ4n) is 2.40. The number of likely N-dealkylation sites (N-methyl/N-ethyl adjacent to an activating group) is 1. The van der Waals surface area contributed by atoms with E-state index in [1.54, 1.807) is 17.2 Å². The first-order valence-electron chi connectivity index (χ1n) is 7.57. The van der Waals surface area contributed by atoms with Crippen molar-refractivity contribution >= 4 is 17.6 Å². The first kappa shape index (κ1) is 16.1. The molecule has 24 heavy (non-hydrogen) atoms. The third-order valence-electron chi connectivity index (χ3n) is 3.60. The molecule has 0 saturated carbocycles. The Morgan fingerprint density at radius 1 is 1.33 bits per heavy atom. The number of carbonyl (C=O) groups is 2. The van der Waals surface area contributed by atoms with E-state index < -0.39 is 5.91 Å². The van der Waals surface area contributed by atoms with Gasteiger partial charge in [0, 0.05) is 6.20 Å². The number of anilines is 1. The Hall–Kier alpha value is -2.74. The number of pyridine rings is 1. The highest BCUT2D eigenvalue weighted by atomic mass is 16.4. The van der Waals surface area contributed by atoms with Crippen molar-refractivity contribution in [1.82, 2.24) is 19.8 Å². The summed E-state index contributed by atoms with van der Waals surface area (Å²) in [5, 5.41) is 2.64. The number of aryl methyl sites for hydroxylation is 1. The quantitative estimate of drug-likeness (QED) is 0.901. The van der Waals surface area contributed by atoms with Crippen molar-refractivity contribution in [3.63, 3.8) is 0 Å². The van der Waals surface area contributed by atoms with Crippen LogP contribution in [-0.2, 0) is 17.9 Å². The molecule has 1 N–H and O–H groups in total. The average molecular weight is 329 g/mol. The highest BCUT2D eigenvalue weighted by Gasteiger charge is 2.30. The lowest BCUT2D eigenvalue weighted by Gasteiger charge is -2.17. The number of hydrogen-bond donors (Lipinski definition) is 1. The summed E-state index contributed by atoms with van der Waals surface area (Å²) < 4.78 is 5.51. The minimum Gasteiger partial charge on any atom is -0.435 e. The van der Waals surface area contributed by atoms with Gasteiger partial charge in [0.15, 0.2) is 0 Å². The zero-order chi connectivity index (χ0) is 17.3. The van der Waals surface area contributed by atoms with Gasteiger partial charge >= 0.3 is 5.91 Å². The topological polar surface area (TPSA) is 91.6 Å². The van der Waals surface area contributed by atoms with E-state index in [1.807, 2.05) is 32.0 Å². The van der Waals surface area contributed by atoms with Crippen LogP contribution in [-0.4, -0.2) is 52.2 Å². The van der Waals surface area contributed by atoms with Crippen LogP contribution in [0.25, 0.3) is 0 Å². The predicted octanol–water partition coefficient (Wildman–Crippen LogP) is 1.03. The number of amides is 2. The minimum absolute atomic E-state index is 0.00283. The van der Waals surface area contributed by atoms with Gasteiger partial charge in [-0.1, -0.05) is 6.07 Å². The van der Waals surface area contributed by atoms with Gasteiger partial charge in [-0.25, -0.2) is 9.97 Å². The molecule has 0 spiro atoms. The Morgan fingerprint density at radius 3 is 2.75 bits per heavy atom. The predicted molar refractivity (Wildman–Crippen MR) is 86.2 cm³/mol. The molecule has 0 aliphatic carbocycles. The van der Waals surface area contributed by atoms with Gasteiger partial charge in [-0.2, -0.15) is 0 Å². The van der Waals surface area contributed by atoms with Crippen LogP contribution in [0.4, 0.5) is 5.82 Å². The van der Waals surface area contributed by atoms with Crippen LogP contribution in [0.5, 0.6) is 0 Å². The fraction of sp³-hybridized carbons (Fsp3) is 0.375. The number of hydrogen-bond acceptors (Lipinski definition) is 6. The Balaban J connectivity index is 1.64. The Bertz CT molecular complexity index is 743. The van der Waals surface area contributed by atoms with Gasteiger partial charge < -0.3 is 19.5 Å². The summed E-state index contributed by atoms with van der Waals surface area (Å²) in [4.78, 5) is 36.0. The minimum atomic E-state index is -0.452. The van der Waals surface area contributed by atoms with Crippen molar-refractivity contribution in [1.29, 1.82) is 0 Å². The summed E-state index contributed by atoms with van der Waals surface area (Å²) in [7, 11) is 3.68. The lowest BCUT2D eigenvalue weighted by Crippen LogP contribution is -2.34. The van der Waals surface area contributed by atoms with E-state index >= 15 is 0 Å². The molecule has 0 fully saturated rings. The molecule has 0 bridgehead atoms. The smallest absolute Gasteiger partial charge is 0.312 e. The number of rotatable bonds is 4. The third kappa shape index (κ3) is 3.43. The van der Waals surface area contributed by atoms with Gasteiger partial charge in [-0.3, -0.25) is 9.59 Å². The largest absolute Gasteiger partial charge is 0.435 e. The maximum atomic E-state index is 12.2. The van der Waals surface area contributed by atoms with Crippen LogP contribution < -0.4 is 5.32 Å². The molecular formula is C16H19N5O3.